The van der Waals surface area contributed by atoms with Crippen molar-refractivity contribution in [2.24, 2.45) is 14.1 Å². The van der Waals surface area contributed by atoms with Crippen LogP contribution < -0.4 is 0 Å². The van der Waals surface area contributed by atoms with E-state index in [0.717, 1.165) is 11.4 Å². The van der Waals surface area contributed by atoms with Gasteiger partial charge in [0, 0.05) is 26.5 Å². The molecule has 2 aromatic heterocycles. The first-order valence-electron chi connectivity index (χ1n) is 4.75. The summed E-state index contributed by atoms with van der Waals surface area (Å²) < 4.78 is 3.47. The average Bonchev–Trinajstić information content (AvgIpc) is 2.71. The van der Waals surface area contributed by atoms with Gasteiger partial charge >= 0.3 is 0 Å². The second kappa shape index (κ2) is 3.51. The van der Waals surface area contributed by atoms with Gasteiger partial charge in [0.25, 0.3) is 0 Å². The lowest BCUT2D eigenvalue weighted by Gasteiger charge is -2.10. The lowest BCUT2D eigenvalue weighted by Crippen LogP contribution is -2.11. The second-order valence-electron chi connectivity index (χ2n) is 3.63. The molecule has 0 aromatic carbocycles. The summed E-state index contributed by atoms with van der Waals surface area (Å²) in [4.78, 5) is 4.11. The molecule has 0 amide bonds. The molecule has 2 heterocycles. The van der Waals surface area contributed by atoms with E-state index in [-0.39, 0.29) is 0 Å². The number of aromatic nitrogens is 4. The van der Waals surface area contributed by atoms with Crippen molar-refractivity contribution in [1.82, 2.24) is 19.3 Å². The molecule has 0 bridgehead atoms. The Labute approximate surface area is 88.0 Å². The molecule has 5 heteroatoms. The molecule has 0 saturated carbocycles. The summed E-state index contributed by atoms with van der Waals surface area (Å²) in [6.07, 6.45) is 2.75. The third-order valence-corrected chi connectivity index (χ3v) is 2.42. The standard InChI is InChI=1S/C10H14N4O/c1-7-6-8(14(3)12-7)9(15)10-11-4-5-13(10)2/h4-6,9,15H,1-3H3. The number of imidazole rings is 1. The van der Waals surface area contributed by atoms with Crippen molar-refractivity contribution in [2.45, 2.75) is 13.0 Å². The molecule has 5 nitrogen and oxygen atoms in total. The second-order valence-corrected chi connectivity index (χ2v) is 3.63. The Balaban J connectivity index is 2.40. The van der Waals surface area contributed by atoms with E-state index in [1.807, 2.05) is 33.3 Å². The molecular formula is C10H14N4O. The highest BCUT2D eigenvalue weighted by Gasteiger charge is 2.18. The zero-order valence-corrected chi connectivity index (χ0v) is 9.05. The van der Waals surface area contributed by atoms with Crippen molar-refractivity contribution in [2.75, 3.05) is 0 Å². The van der Waals surface area contributed by atoms with Gasteiger partial charge in [-0.2, -0.15) is 5.10 Å². The maximum atomic E-state index is 10.1. The molecule has 2 aromatic rings. The Morgan fingerprint density at radius 1 is 1.40 bits per heavy atom. The van der Waals surface area contributed by atoms with Gasteiger partial charge in [-0.05, 0) is 13.0 Å². The van der Waals surface area contributed by atoms with Crippen molar-refractivity contribution in [3.63, 3.8) is 0 Å². The van der Waals surface area contributed by atoms with Gasteiger partial charge in [0.1, 0.15) is 5.82 Å². The van der Waals surface area contributed by atoms with Crippen LogP contribution in [0.15, 0.2) is 18.5 Å². The van der Waals surface area contributed by atoms with E-state index in [1.54, 1.807) is 15.4 Å². The van der Waals surface area contributed by atoms with Gasteiger partial charge in [-0.1, -0.05) is 0 Å². The first kappa shape index (κ1) is 9.92. The van der Waals surface area contributed by atoms with Gasteiger partial charge in [0.15, 0.2) is 6.10 Å². The van der Waals surface area contributed by atoms with Gasteiger partial charge in [-0.25, -0.2) is 4.98 Å². The minimum atomic E-state index is -0.726. The molecule has 0 saturated heterocycles. The molecule has 1 unspecified atom stereocenters. The monoisotopic (exact) mass is 206 g/mol. The van der Waals surface area contributed by atoms with E-state index in [0.29, 0.717) is 5.82 Å². The van der Waals surface area contributed by atoms with E-state index < -0.39 is 6.10 Å². The quantitative estimate of drug-likeness (QED) is 0.780. The SMILES string of the molecule is Cc1cc(C(O)c2nccn2C)n(C)n1. The fourth-order valence-corrected chi connectivity index (χ4v) is 1.66. The number of rotatable bonds is 2. The van der Waals surface area contributed by atoms with Crippen LogP contribution in [0, 0.1) is 6.92 Å². The van der Waals surface area contributed by atoms with Crippen molar-refractivity contribution >= 4 is 0 Å². The van der Waals surface area contributed by atoms with Gasteiger partial charge in [0.05, 0.1) is 11.4 Å². The summed E-state index contributed by atoms with van der Waals surface area (Å²) in [5, 5.41) is 14.3. The minimum absolute atomic E-state index is 0.623. The van der Waals surface area contributed by atoms with Gasteiger partial charge in [0.2, 0.25) is 0 Å². The Kier molecular flexibility index (Phi) is 2.32. The van der Waals surface area contributed by atoms with Crippen molar-refractivity contribution < 1.29 is 5.11 Å². The average molecular weight is 206 g/mol. The summed E-state index contributed by atoms with van der Waals surface area (Å²) in [5.74, 6) is 0.623. The molecule has 1 N–H and O–H groups in total. The van der Waals surface area contributed by atoms with Gasteiger partial charge < -0.3 is 9.67 Å². The highest BCUT2D eigenvalue weighted by atomic mass is 16.3. The molecule has 15 heavy (non-hydrogen) atoms. The van der Waals surface area contributed by atoms with Crippen LogP contribution in [0.25, 0.3) is 0 Å². The van der Waals surface area contributed by atoms with Crippen LogP contribution in [0.1, 0.15) is 23.3 Å². The Hall–Kier alpha value is -1.62. The summed E-state index contributed by atoms with van der Waals surface area (Å²) in [5.41, 5.74) is 1.64. The zero-order chi connectivity index (χ0) is 11.0. The maximum absolute atomic E-state index is 10.1. The zero-order valence-electron chi connectivity index (χ0n) is 9.05. The van der Waals surface area contributed by atoms with Crippen molar-refractivity contribution in [3.05, 3.63) is 35.7 Å². The molecule has 0 aliphatic carbocycles. The largest absolute Gasteiger partial charge is 0.379 e. The summed E-state index contributed by atoms with van der Waals surface area (Å²) in [7, 11) is 3.67. The van der Waals surface area contributed by atoms with E-state index in [2.05, 4.69) is 10.1 Å². The third-order valence-electron chi connectivity index (χ3n) is 2.42. The number of aryl methyl sites for hydroxylation is 3. The number of hydrogen-bond acceptors (Lipinski definition) is 3. The van der Waals surface area contributed by atoms with Crippen molar-refractivity contribution in [3.8, 4) is 0 Å². The Morgan fingerprint density at radius 3 is 2.60 bits per heavy atom. The third kappa shape index (κ3) is 1.66. The molecular weight excluding hydrogens is 192 g/mol. The Morgan fingerprint density at radius 2 is 2.13 bits per heavy atom. The first-order valence-corrected chi connectivity index (χ1v) is 4.75. The number of hydrogen-bond donors (Lipinski definition) is 1. The Bertz CT molecular complexity index is 471. The van der Waals surface area contributed by atoms with Crippen LogP contribution in [0.4, 0.5) is 0 Å². The highest BCUT2D eigenvalue weighted by Crippen LogP contribution is 2.19. The number of nitrogens with zero attached hydrogens (tertiary/aromatic N) is 4. The van der Waals surface area contributed by atoms with Crippen molar-refractivity contribution in [1.29, 1.82) is 0 Å². The molecule has 0 aliphatic heterocycles. The van der Waals surface area contributed by atoms with Gasteiger partial charge in [-0.3, -0.25) is 4.68 Å². The summed E-state index contributed by atoms with van der Waals surface area (Å²) in [6, 6.07) is 1.86. The molecule has 2 rings (SSSR count). The van der Waals surface area contributed by atoms with E-state index >= 15 is 0 Å². The summed E-state index contributed by atoms with van der Waals surface area (Å²) >= 11 is 0. The maximum Gasteiger partial charge on any atom is 0.153 e. The molecule has 1 atom stereocenters. The van der Waals surface area contributed by atoms with E-state index in [4.69, 9.17) is 0 Å². The minimum Gasteiger partial charge on any atom is -0.379 e. The predicted molar refractivity (Wildman–Crippen MR) is 55.2 cm³/mol. The lowest BCUT2D eigenvalue weighted by atomic mass is 10.2. The summed E-state index contributed by atoms with van der Waals surface area (Å²) in [6.45, 7) is 1.90. The lowest BCUT2D eigenvalue weighted by molar-refractivity contribution is 0.196. The van der Waals surface area contributed by atoms with Crippen LogP contribution in [0.3, 0.4) is 0 Å². The fraction of sp³-hybridized carbons (Fsp3) is 0.400. The van der Waals surface area contributed by atoms with Crippen LogP contribution in [-0.2, 0) is 14.1 Å². The van der Waals surface area contributed by atoms with Gasteiger partial charge in [-0.15, -0.1) is 0 Å². The van der Waals surface area contributed by atoms with Crippen LogP contribution in [0.2, 0.25) is 0 Å². The van der Waals surface area contributed by atoms with Crippen LogP contribution in [0.5, 0.6) is 0 Å². The predicted octanol–water partition coefficient (Wildman–Crippen LogP) is 0.544. The normalized spacial score (nSPS) is 13.1. The number of aliphatic hydroxyl groups excluding tert-OH is 1. The van der Waals surface area contributed by atoms with E-state index in [9.17, 15) is 5.11 Å². The molecule has 0 spiro atoms. The topological polar surface area (TPSA) is 55.9 Å². The van der Waals surface area contributed by atoms with Crippen LogP contribution >= 0.6 is 0 Å². The van der Waals surface area contributed by atoms with E-state index in [1.165, 1.54) is 0 Å². The first-order chi connectivity index (χ1) is 7.09. The fourth-order valence-electron chi connectivity index (χ4n) is 1.66. The molecule has 0 radical (unpaired) electrons. The molecule has 0 aliphatic rings. The molecule has 80 valence electrons. The molecule has 0 fully saturated rings. The number of aliphatic hydroxyl groups is 1. The smallest absolute Gasteiger partial charge is 0.153 e. The van der Waals surface area contributed by atoms with Crippen LogP contribution in [-0.4, -0.2) is 24.4 Å². The highest BCUT2D eigenvalue weighted by molar-refractivity contribution is 5.18.